The summed E-state index contributed by atoms with van der Waals surface area (Å²) in [5.74, 6) is -1.44. The smallest absolute Gasteiger partial charge is 0.356 e. The van der Waals surface area contributed by atoms with Crippen LogP contribution >= 0.6 is 0 Å². The first-order valence-corrected chi connectivity index (χ1v) is 8.52. The fourth-order valence-electron chi connectivity index (χ4n) is 3.20. The Morgan fingerprint density at radius 3 is 2.46 bits per heavy atom. The maximum absolute atomic E-state index is 13.1. The molecule has 0 fully saturated rings. The van der Waals surface area contributed by atoms with Gasteiger partial charge in [-0.25, -0.2) is 9.18 Å². The highest BCUT2D eigenvalue weighted by molar-refractivity contribution is 5.88. The number of carboxylic acids is 1. The van der Waals surface area contributed by atoms with Gasteiger partial charge in [0, 0.05) is 36.2 Å². The number of amides is 1. The van der Waals surface area contributed by atoms with Crippen LogP contribution in [0.1, 0.15) is 48.1 Å². The van der Waals surface area contributed by atoms with Gasteiger partial charge >= 0.3 is 5.97 Å². The third-order valence-corrected chi connectivity index (χ3v) is 4.51. The standard InChI is InChI=1S/C19H22FN3O3/c1-19(2,3)18(26)22-9-8-15-14(11-22)16(17(24)25)21-23(15)10-12-4-6-13(20)7-5-12/h4-7H,8-11H2,1-3H3,(H,24,25). The first-order chi connectivity index (χ1) is 12.2. The molecule has 1 aromatic carbocycles. The van der Waals surface area contributed by atoms with E-state index in [0.29, 0.717) is 25.1 Å². The average Bonchev–Trinajstić information content (AvgIpc) is 2.93. The molecular weight excluding hydrogens is 337 g/mol. The highest BCUT2D eigenvalue weighted by atomic mass is 19.1. The highest BCUT2D eigenvalue weighted by Crippen LogP contribution is 2.27. The van der Waals surface area contributed by atoms with Crippen LogP contribution in [0.25, 0.3) is 0 Å². The maximum Gasteiger partial charge on any atom is 0.356 e. The first kappa shape index (κ1) is 18.1. The van der Waals surface area contributed by atoms with Crippen LogP contribution in [0.4, 0.5) is 4.39 Å². The minimum absolute atomic E-state index is 0.00854. The van der Waals surface area contributed by atoms with Crippen LogP contribution < -0.4 is 0 Å². The van der Waals surface area contributed by atoms with E-state index in [0.717, 1.165) is 11.3 Å². The molecule has 1 N–H and O–H groups in total. The lowest BCUT2D eigenvalue weighted by Crippen LogP contribution is -2.42. The number of hydrogen-bond acceptors (Lipinski definition) is 3. The molecule has 0 atom stereocenters. The molecule has 0 saturated heterocycles. The molecule has 26 heavy (non-hydrogen) atoms. The van der Waals surface area contributed by atoms with Crippen molar-refractivity contribution in [3.63, 3.8) is 0 Å². The van der Waals surface area contributed by atoms with Gasteiger partial charge in [0.25, 0.3) is 0 Å². The van der Waals surface area contributed by atoms with E-state index in [1.54, 1.807) is 21.7 Å². The highest BCUT2D eigenvalue weighted by Gasteiger charge is 2.34. The molecule has 138 valence electrons. The Morgan fingerprint density at radius 1 is 1.23 bits per heavy atom. The summed E-state index contributed by atoms with van der Waals surface area (Å²) in [5, 5.41) is 13.8. The van der Waals surface area contributed by atoms with Crippen molar-refractivity contribution in [2.24, 2.45) is 5.41 Å². The van der Waals surface area contributed by atoms with Crippen LogP contribution in [0.15, 0.2) is 24.3 Å². The summed E-state index contributed by atoms with van der Waals surface area (Å²) < 4.78 is 14.7. The van der Waals surface area contributed by atoms with Crippen molar-refractivity contribution in [2.75, 3.05) is 6.54 Å². The number of hydrogen-bond donors (Lipinski definition) is 1. The van der Waals surface area contributed by atoms with E-state index in [2.05, 4.69) is 5.10 Å². The Morgan fingerprint density at radius 2 is 1.88 bits per heavy atom. The van der Waals surface area contributed by atoms with Crippen LogP contribution in [-0.2, 0) is 24.3 Å². The molecule has 2 aromatic rings. The lowest BCUT2D eigenvalue weighted by molar-refractivity contribution is -0.140. The second-order valence-electron chi connectivity index (χ2n) is 7.59. The van der Waals surface area contributed by atoms with E-state index in [9.17, 15) is 19.1 Å². The first-order valence-electron chi connectivity index (χ1n) is 8.52. The second-order valence-corrected chi connectivity index (χ2v) is 7.59. The average molecular weight is 359 g/mol. The fourth-order valence-corrected chi connectivity index (χ4v) is 3.20. The van der Waals surface area contributed by atoms with Crippen LogP contribution in [-0.4, -0.2) is 38.2 Å². The molecule has 0 bridgehead atoms. The van der Waals surface area contributed by atoms with Gasteiger partial charge in [0.05, 0.1) is 6.54 Å². The van der Waals surface area contributed by atoms with Crippen molar-refractivity contribution in [3.8, 4) is 0 Å². The van der Waals surface area contributed by atoms with Gasteiger partial charge in [-0.15, -0.1) is 0 Å². The number of halogens is 1. The number of carboxylic acid groups (broad SMARTS) is 1. The van der Waals surface area contributed by atoms with Crippen molar-refractivity contribution in [2.45, 2.75) is 40.3 Å². The minimum atomic E-state index is -1.11. The lowest BCUT2D eigenvalue weighted by atomic mass is 9.93. The van der Waals surface area contributed by atoms with E-state index in [1.807, 2.05) is 20.8 Å². The summed E-state index contributed by atoms with van der Waals surface area (Å²) in [5.41, 5.74) is 1.70. The third kappa shape index (κ3) is 3.47. The van der Waals surface area contributed by atoms with E-state index in [-0.39, 0.29) is 24.0 Å². The van der Waals surface area contributed by atoms with Gasteiger partial charge in [-0.3, -0.25) is 9.48 Å². The topological polar surface area (TPSA) is 75.4 Å². The molecular formula is C19H22FN3O3. The van der Waals surface area contributed by atoms with Crippen molar-refractivity contribution < 1.29 is 19.1 Å². The van der Waals surface area contributed by atoms with Crippen molar-refractivity contribution in [1.82, 2.24) is 14.7 Å². The monoisotopic (exact) mass is 359 g/mol. The number of carbonyl (C=O) groups is 2. The molecule has 1 aliphatic rings. The molecule has 1 aliphatic heterocycles. The summed E-state index contributed by atoms with van der Waals surface area (Å²) >= 11 is 0. The van der Waals surface area contributed by atoms with Crippen LogP contribution in [0.2, 0.25) is 0 Å². The Labute approximate surface area is 151 Å². The van der Waals surface area contributed by atoms with Crippen molar-refractivity contribution >= 4 is 11.9 Å². The molecule has 3 rings (SSSR count). The normalized spacial score (nSPS) is 14.2. The van der Waals surface area contributed by atoms with Crippen molar-refractivity contribution in [1.29, 1.82) is 0 Å². The molecule has 0 saturated carbocycles. The fraction of sp³-hybridized carbons (Fsp3) is 0.421. The second kappa shape index (κ2) is 6.55. The molecule has 7 heteroatoms. The molecule has 0 spiro atoms. The molecule has 0 unspecified atom stereocenters. The van der Waals surface area contributed by atoms with Gasteiger partial charge in [0.15, 0.2) is 5.69 Å². The predicted molar refractivity (Wildman–Crippen MR) is 93.3 cm³/mol. The molecule has 1 amide bonds. The zero-order valence-electron chi connectivity index (χ0n) is 15.1. The Hall–Kier alpha value is -2.70. The number of fused-ring (bicyclic) bond motifs is 1. The molecule has 1 aromatic heterocycles. The Balaban J connectivity index is 1.93. The van der Waals surface area contributed by atoms with E-state index in [1.165, 1.54) is 12.1 Å². The van der Waals surface area contributed by atoms with Crippen LogP contribution in [0, 0.1) is 11.2 Å². The number of rotatable bonds is 3. The summed E-state index contributed by atoms with van der Waals surface area (Å²) in [6.07, 6.45) is 0.540. The van der Waals surface area contributed by atoms with Crippen LogP contribution in [0.3, 0.4) is 0 Å². The third-order valence-electron chi connectivity index (χ3n) is 4.51. The predicted octanol–water partition coefficient (Wildman–Crippen LogP) is 2.70. The van der Waals surface area contributed by atoms with Gasteiger partial charge in [0.1, 0.15) is 5.82 Å². The Kier molecular flexibility index (Phi) is 4.56. The zero-order chi connectivity index (χ0) is 19.1. The number of aromatic nitrogens is 2. The van der Waals surface area contributed by atoms with Crippen molar-refractivity contribution in [3.05, 3.63) is 52.6 Å². The van der Waals surface area contributed by atoms with Crippen LogP contribution in [0.5, 0.6) is 0 Å². The number of carbonyl (C=O) groups excluding carboxylic acids is 1. The van der Waals surface area contributed by atoms with Gasteiger partial charge in [-0.05, 0) is 17.7 Å². The largest absolute Gasteiger partial charge is 0.476 e. The molecule has 0 radical (unpaired) electrons. The number of nitrogens with zero attached hydrogens (tertiary/aromatic N) is 3. The van der Waals surface area contributed by atoms with Gasteiger partial charge in [0.2, 0.25) is 5.91 Å². The van der Waals surface area contributed by atoms with Gasteiger partial charge in [-0.1, -0.05) is 32.9 Å². The summed E-state index contributed by atoms with van der Waals surface area (Å²) in [7, 11) is 0. The van der Waals surface area contributed by atoms with E-state index < -0.39 is 11.4 Å². The Bertz CT molecular complexity index is 850. The summed E-state index contributed by atoms with van der Waals surface area (Å²) in [6, 6.07) is 6.05. The molecule has 6 nitrogen and oxygen atoms in total. The maximum atomic E-state index is 13.1. The van der Waals surface area contributed by atoms with E-state index >= 15 is 0 Å². The van der Waals surface area contributed by atoms with Gasteiger partial charge in [-0.2, -0.15) is 5.10 Å². The minimum Gasteiger partial charge on any atom is -0.476 e. The van der Waals surface area contributed by atoms with E-state index in [4.69, 9.17) is 0 Å². The quantitative estimate of drug-likeness (QED) is 0.914. The summed E-state index contributed by atoms with van der Waals surface area (Å²) in [4.78, 5) is 25.9. The van der Waals surface area contributed by atoms with Gasteiger partial charge < -0.3 is 10.0 Å². The number of aromatic carboxylic acids is 1. The molecule has 0 aliphatic carbocycles. The zero-order valence-corrected chi connectivity index (χ0v) is 15.1. The summed E-state index contributed by atoms with van der Waals surface area (Å²) in [6.45, 7) is 6.68. The SMILES string of the molecule is CC(C)(C)C(=O)N1CCc2c(c(C(=O)O)nn2Cc2ccc(F)cc2)C1. The number of benzene rings is 1. The lowest BCUT2D eigenvalue weighted by Gasteiger charge is -2.32. The molecule has 2 heterocycles.